The van der Waals surface area contributed by atoms with E-state index in [4.69, 9.17) is 5.84 Å². The summed E-state index contributed by atoms with van der Waals surface area (Å²) in [7, 11) is 1.62. The second-order valence-electron chi connectivity index (χ2n) is 1.69. The fourth-order valence-electron chi connectivity index (χ4n) is 0.524. The summed E-state index contributed by atoms with van der Waals surface area (Å²) in [5.41, 5.74) is 2.15. The number of nitrogens with one attached hydrogen (secondary N) is 1. The first-order chi connectivity index (χ1) is 4.74. The number of hydrazine groups is 1. The van der Waals surface area contributed by atoms with Crippen molar-refractivity contribution in [2.24, 2.45) is 12.9 Å². The van der Waals surface area contributed by atoms with Gasteiger partial charge in [0.05, 0.1) is 6.20 Å². The van der Waals surface area contributed by atoms with Gasteiger partial charge < -0.3 is 0 Å². The predicted octanol–water partition coefficient (Wildman–Crippen LogP) is -1.58. The summed E-state index contributed by atoms with van der Waals surface area (Å²) in [5.74, 6) is 4.40. The monoisotopic (exact) mass is 141 g/mol. The Morgan fingerprint density at radius 3 is 3.00 bits per heavy atom. The lowest BCUT2D eigenvalue weighted by atomic mass is 10.5. The Kier molecular flexibility index (Phi) is 1.63. The lowest BCUT2D eigenvalue weighted by Gasteiger charge is -1.89. The smallest absolute Gasteiger partial charge is 0.287 e. The minimum absolute atomic E-state index is 0.213. The van der Waals surface area contributed by atoms with Crippen LogP contribution in [-0.2, 0) is 7.05 Å². The van der Waals surface area contributed by atoms with Crippen LogP contribution in [0.3, 0.4) is 0 Å². The van der Waals surface area contributed by atoms with Gasteiger partial charge in [-0.2, -0.15) is 9.90 Å². The van der Waals surface area contributed by atoms with Crippen LogP contribution in [0.5, 0.6) is 0 Å². The Morgan fingerprint density at radius 1 is 1.90 bits per heavy atom. The lowest BCUT2D eigenvalue weighted by Crippen LogP contribution is -2.30. The predicted molar refractivity (Wildman–Crippen MR) is 32.7 cm³/mol. The number of amides is 1. The summed E-state index contributed by atoms with van der Waals surface area (Å²) in [6.45, 7) is 0. The zero-order valence-electron chi connectivity index (χ0n) is 5.40. The van der Waals surface area contributed by atoms with Gasteiger partial charge in [0.1, 0.15) is 0 Å². The number of rotatable bonds is 1. The van der Waals surface area contributed by atoms with Gasteiger partial charge in [-0.1, -0.05) is 0 Å². The molecule has 0 aliphatic heterocycles. The molecule has 0 bridgehead atoms. The van der Waals surface area contributed by atoms with Gasteiger partial charge in [0.25, 0.3) is 5.91 Å². The van der Waals surface area contributed by atoms with Crippen molar-refractivity contribution in [3.05, 3.63) is 11.9 Å². The Bertz CT molecular complexity index is 242. The minimum atomic E-state index is -0.437. The molecule has 0 aliphatic rings. The number of nitrogen functional groups attached to an aromatic ring is 1. The number of carbonyl (C=O) groups excluding carboxylic acids is 1. The highest BCUT2D eigenvalue weighted by Crippen LogP contribution is 1.87. The summed E-state index contributed by atoms with van der Waals surface area (Å²) in [6, 6.07) is 0. The molecule has 3 N–H and O–H groups in total. The van der Waals surface area contributed by atoms with Crippen molar-refractivity contribution in [3.8, 4) is 0 Å². The van der Waals surface area contributed by atoms with Crippen LogP contribution in [0.2, 0.25) is 0 Å². The van der Waals surface area contributed by atoms with Crippen molar-refractivity contribution in [2.45, 2.75) is 0 Å². The molecular formula is C4H7N5O. The molecule has 0 atom stereocenters. The molecule has 0 saturated carbocycles. The van der Waals surface area contributed by atoms with Crippen molar-refractivity contribution in [2.75, 3.05) is 0 Å². The fourth-order valence-corrected chi connectivity index (χ4v) is 0.524. The van der Waals surface area contributed by atoms with E-state index < -0.39 is 5.91 Å². The van der Waals surface area contributed by atoms with Gasteiger partial charge in [0.15, 0.2) is 5.69 Å². The van der Waals surface area contributed by atoms with E-state index in [9.17, 15) is 4.79 Å². The Labute approximate surface area is 57.0 Å². The molecule has 1 aromatic heterocycles. The maximum absolute atomic E-state index is 10.7. The second kappa shape index (κ2) is 2.44. The van der Waals surface area contributed by atoms with Crippen LogP contribution in [0.4, 0.5) is 0 Å². The summed E-state index contributed by atoms with van der Waals surface area (Å²) >= 11 is 0. The number of nitrogens with two attached hydrogens (primary N) is 1. The first kappa shape index (κ1) is 6.69. The Balaban J connectivity index is 2.85. The third kappa shape index (κ3) is 1.11. The SMILES string of the molecule is Cn1ncc(C(=O)NN)n1. The maximum atomic E-state index is 10.7. The van der Waals surface area contributed by atoms with Crippen LogP contribution in [0.15, 0.2) is 6.20 Å². The number of nitrogens with zero attached hydrogens (tertiary/aromatic N) is 3. The minimum Gasteiger partial charge on any atom is -0.289 e. The Hall–Kier alpha value is -1.43. The second-order valence-corrected chi connectivity index (χ2v) is 1.69. The molecule has 0 aromatic carbocycles. The molecule has 1 rings (SSSR count). The molecule has 6 nitrogen and oxygen atoms in total. The number of carbonyl (C=O) groups is 1. The molecular weight excluding hydrogens is 134 g/mol. The zero-order valence-corrected chi connectivity index (χ0v) is 5.40. The van der Waals surface area contributed by atoms with Gasteiger partial charge in [-0.3, -0.25) is 10.2 Å². The van der Waals surface area contributed by atoms with E-state index in [0.717, 1.165) is 0 Å². The van der Waals surface area contributed by atoms with Crippen LogP contribution < -0.4 is 11.3 Å². The summed E-state index contributed by atoms with van der Waals surface area (Å²) < 4.78 is 0. The normalized spacial score (nSPS) is 9.40. The van der Waals surface area contributed by atoms with E-state index in [0.29, 0.717) is 0 Å². The van der Waals surface area contributed by atoms with E-state index in [1.165, 1.54) is 11.0 Å². The lowest BCUT2D eigenvalue weighted by molar-refractivity contribution is 0.0948. The summed E-state index contributed by atoms with van der Waals surface area (Å²) in [4.78, 5) is 12.0. The molecule has 0 saturated heterocycles. The van der Waals surface area contributed by atoms with Gasteiger partial charge in [-0.25, -0.2) is 5.84 Å². The third-order valence-corrected chi connectivity index (χ3v) is 0.963. The molecule has 0 fully saturated rings. The highest BCUT2D eigenvalue weighted by Gasteiger charge is 2.05. The van der Waals surface area contributed by atoms with Gasteiger partial charge in [0, 0.05) is 7.05 Å². The van der Waals surface area contributed by atoms with E-state index >= 15 is 0 Å². The molecule has 0 aliphatic carbocycles. The van der Waals surface area contributed by atoms with E-state index in [1.807, 2.05) is 5.43 Å². The van der Waals surface area contributed by atoms with Crippen LogP contribution in [0.1, 0.15) is 10.5 Å². The molecule has 10 heavy (non-hydrogen) atoms. The quantitative estimate of drug-likeness (QED) is 0.281. The van der Waals surface area contributed by atoms with Gasteiger partial charge >= 0.3 is 0 Å². The molecule has 1 amide bonds. The van der Waals surface area contributed by atoms with Crippen molar-refractivity contribution in [1.82, 2.24) is 20.4 Å². The first-order valence-corrected chi connectivity index (χ1v) is 2.61. The molecule has 0 unspecified atom stereocenters. The molecule has 1 heterocycles. The zero-order chi connectivity index (χ0) is 7.56. The standard InChI is InChI=1S/C4H7N5O/c1-9-6-2-3(8-9)4(10)7-5/h2H,5H2,1H3,(H,7,10). The van der Waals surface area contributed by atoms with Crippen LogP contribution >= 0.6 is 0 Å². The maximum Gasteiger partial charge on any atom is 0.287 e. The highest BCUT2D eigenvalue weighted by molar-refractivity contribution is 5.91. The van der Waals surface area contributed by atoms with Crippen molar-refractivity contribution >= 4 is 5.91 Å². The van der Waals surface area contributed by atoms with Crippen molar-refractivity contribution in [3.63, 3.8) is 0 Å². The highest BCUT2D eigenvalue weighted by atomic mass is 16.2. The van der Waals surface area contributed by atoms with E-state index in [2.05, 4.69) is 10.2 Å². The molecule has 0 radical (unpaired) electrons. The number of aromatic nitrogens is 3. The van der Waals surface area contributed by atoms with Gasteiger partial charge in [-0.15, -0.1) is 5.10 Å². The van der Waals surface area contributed by atoms with Crippen molar-refractivity contribution in [1.29, 1.82) is 0 Å². The van der Waals surface area contributed by atoms with Crippen molar-refractivity contribution < 1.29 is 4.79 Å². The average molecular weight is 141 g/mol. The Morgan fingerprint density at radius 2 is 2.60 bits per heavy atom. The van der Waals surface area contributed by atoms with Crippen LogP contribution in [0, 0.1) is 0 Å². The summed E-state index contributed by atoms with van der Waals surface area (Å²) in [6.07, 6.45) is 1.34. The molecule has 1 aromatic rings. The number of hydrogen-bond acceptors (Lipinski definition) is 4. The molecule has 6 heteroatoms. The van der Waals surface area contributed by atoms with Gasteiger partial charge in [-0.05, 0) is 0 Å². The molecule has 0 spiro atoms. The molecule has 54 valence electrons. The van der Waals surface area contributed by atoms with Gasteiger partial charge in [0.2, 0.25) is 0 Å². The van der Waals surface area contributed by atoms with Crippen LogP contribution in [-0.4, -0.2) is 20.9 Å². The first-order valence-electron chi connectivity index (χ1n) is 2.61. The number of aryl methyl sites for hydroxylation is 1. The largest absolute Gasteiger partial charge is 0.289 e. The summed E-state index contributed by atoms with van der Waals surface area (Å²) in [5, 5.41) is 7.37. The van der Waals surface area contributed by atoms with Crippen LogP contribution in [0.25, 0.3) is 0 Å². The fraction of sp³-hybridized carbons (Fsp3) is 0.250. The van der Waals surface area contributed by atoms with E-state index in [1.54, 1.807) is 7.05 Å². The number of hydrogen-bond donors (Lipinski definition) is 2. The third-order valence-electron chi connectivity index (χ3n) is 0.963. The average Bonchev–Trinajstić information content (AvgIpc) is 2.34. The topological polar surface area (TPSA) is 85.8 Å². The van der Waals surface area contributed by atoms with E-state index in [-0.39, 0.29) is 5.69 Å².